The zero-order chi connectivity index (χ0) is 12.4. The fourth-order valence-corrected chi connectivity index (χ4v) is 2.83. The molecule has 2 aromatic rings. The van der Waals surface area contributed by atoms with Gasteiger partial charge in [0, 0.05) is 11.8 Å². The normalized spacial score (nSPS) is 10.2. The van der Waals surface area contributed by atoms with E-state index in [1.807, 2.05) is 22.6 Å². The molecule has 0 aliphatic heterocycles. The number of carbonyl (C=O) groups is 1. The highest BCUT2D eigenvalue weighted by Crippen LogP contribution is 2.32. The fourth-order valence-electron chi connectivity index (χ4n) is 1.13. The Hall–Kier alpha value is -1.29. The Morgan fingerprint density at radius 1 is 1.53 bits per heavy atom. The Morgan fingerprint density at radius 3 is 2.94 bits per heavy atom. The molecule has 2 N–H and O–H groups in total. The third-order valence-electron chi connectivity index (χ3n) is 1.76. The molecule has 0 unspecified atom stereocenters. The van der Waals surface area contributed by atoms with Gasteiger partial charge < -0.3 is 5.11 Å². The Kier molecular flexibility index (Phi) is 3.52. The monoisotopic (exact) mass is 365 g/mol. The SMILES string of the molecule is O=C(O)Nc1sc(-c2cncc(F)c2)nc1I. The second-order valence-corrected chi connectivity index (χ2v) is 4.98. The summed E-state index contributed by atoms with van der Waals surface area (Å²) in [4.78, 5) is 18.4. The Balaban J connectivity index is 2.37. The highest BCUT2D eigenvalue weighted by molar-refractivity contribution is 14.1. The van der Waals surface area contributed by atoms with Crippen LogP contribution in [-0.4, -0.2) is 21.2 Å². The lowest BCUT2D eigenvalue weighted by molar-refractivity contribution is 0.210. The summed E-state index contributed by atoms with van der Waals surface area (Å²) in [6.45, 7) is 0. The third-order valence-corrected chi connectivity index (χ3v) is 3.92. The van der Waals surface area contributed by atoms with E-state index < -0.39 is 11.9 Å². The molecule has 0 aliphatic carbocycles. The minimum atomic E-state index is -1.16. The quantitative estimate of drug-likeness (QED) is 0.803. The summed E-state index contributed by atoms with van der Waals surface area (Å²) in [5.41, 5.74) is 0.520. The number of hydrogen-bond acceptors (Lipinski definition) is 4. The molecule has 0 fully saturated rings. The maximum absolute atomic E-state index is 13.0. The van der Waals surface area contributed by atoms with Crippen molar-refractivity contribution in [1.82, 2.24) is 9.97 Å². The van der Waals surface area contributed by atoms with Crippen LogP contribution in [0, 0.1) is 9.52 Å². The molecule has 0 saturated heterocycles. The van der Waals surface area contributed by atoms with Crippen LogP contribution in [0.25, 0.3) is 10.6 Å². The highest BCUT2D eigenvalue weighted by Gasteiger charge is 2.13. The van der Waals surface area contributed by atoms with Gasteiger partial charge in [-0.15, -0.1) is 0 Å². The third kappa shape index (κ3) is 2.88. The minimum Gasteiger partial charge on any atom is -0.465 e. The van der Waals surface area contributed by atoms with Gasteiger partial charge in [0.15, 0.2) is 0 Å². The number of aromatic nitrogens is 2. The van der Waals surface area contributed by atoms with E-state index in [-0.39, 0.29) is 0 Å². The van der Waals surface area contributed by atoms with Crippen molar-refractivity contribution in [1.29, 1.82) is 0 Å². The van der Waals surface area contributed by atoms with E-state index in [0.717, 1.165) is 17.5 Å². The minimum absolute atomic E-state index is 0.414. The first-order valence-electron chi connectivity index (χ1n) is 4.33. The fraction of sp³-hybridized carbons (Fsp3) is 0. The van der Waals surface area contributed by atoms with Gasteiger partial charge in [0.1, 0.15) is 19.5 Å². The number of hydrogen-bond donors (Lipinski definition) is 2. The van der Waals surface area contributed by atoms with Gasteiger partial charge >= 0.3 is 6.09 Å². The van der Waals surface area contributed by atoms with Crippen LogP contribution in [0.2, 0.25) is 0 Å². The van der Waals surface area contributed by atoms with Crippen LogP contribution < -0.4 is 5.32 Å². The van der Waals surface area contributed by atoms with Crippen molar-refractivity contribution in [3.05, 3.63) is 28.0 Å². The molecule has 0 atom stereocenters. The van der Waals surface area contributed by atoms with E-state index in [1.54, 1.807) is 0 Å². The topological polar surface area (TPSA) is 75.1 Å². The molecule has 0 bridgehead atoms. The number of thiazole rings is 1. The second-order valence-electron chi connectivity index (χ2n) is 2.96. The summed E-state index contributed by atoms with van der Waals surface area (Å²) in [6, 6.07) is 1.30. The van der Waals surface area contributed by atoms with E-state index in [1.165, 1.54) is 12.3 Å². The van der Waals surface area contributed by atoms with Gasteiger partial charge in [-0.3, -0.25) is 10.3 Å². The Morgan fingerprint density at radius 2 is 2.29 bits per heavy atom. The number of pyridine rings is 1. The number of anilines is 1. The first-order valence-corrected chi connectivity index (χ1v) is 6.23. The summed E-state index contributed by atoms with van der Waals surface area (Å²) in [5, 5.41) is 11.8. The number of amides is 1. The first kappa shape index (κ1) is 12.2. The average molecular weight is 365 g/mol. The van der Waals surface area contributed by atoms with Crippen molar-refractivity contribution in [2.45, 2.75) is 0 Å². The molecule has 2 heterocycles. The second kappa shape index (κ2) is 4.92. The zero-order valence-electron chi connectivity index (χ0n) is 8.15. The van der Waals surface area contributed by atoms with Gasteiger partial charge in [-0.05, 0) is 28.7 Å². The summed E-state index contributed by atoms with van der Waals surface area (Å²) >= 11 is 3.04. The van der Waals surface area contributed by atoms with Gasteiger partial charge in [0.25, 0.3) is 0 Å². The van der Waals surface area contributed by atoms with Crippen LogP contribution in [0.3, 0.4) is 0 Å². The van der Waals surface area contributed by atoms with Gasteiger partial charge in [0.2, 0.25) is 0 Å². The predicted octanol–water partition coefficient (Wildman–Crippen LogP) is 3.04. The van der Waals surface area contributed by atoms with Crippen molar-refractivity contribution in [2.75, 3.05) is 5.32 Å². The van der Waals surface area contributed by atoms with Crippen molar-refractivity contribution in [3.63, 3.8) is 0 Å². The highest BCUT2D eigenvalue weighted by atomic mass is 127. The molecule has 5 nitrogen and oxygen atoms in total. The molecule has 0 aromatic carbocycles. The number of rotatable bonds is 2. The number of nitrogens with one attached hydrogen (secondary N) is 1. The smallest absolute Gasteiger partial charge is 0.409 e. The zero-order valence-corrected chi connectivity index (χ0v) is 11.1. The van der Waals surface area contributed by atoms with Crippen molar-refractivity contribution in [3.8, 4) is 10.6 Å². The summed E-state index contributed by atoms with van der Waals surface area (Å²) in [7, 11) is 0. The average Bonchev–Trinajstić information content (AvgIpc) is 2.59. The Labute approximate surface area is 113 Å². The van der Waals surface area contributed by atoms with Gasteiger partial charge in [-0.25, -0.2) is 14.2 Å². The molecular weight excluding hydrogens is 360 g/mol. The molecule has 1 amide bonds. The molecule has 0 saturated carbocycles. The molecule has 88 valence electrons. The predicted molar refractivity (Wildman–Crippen MR) is 69.7 cm³/mol. The van der Waals surface area contributed by atoms with Crippen molar-refractivity contribution < 1.29 is 14.3 Å². The molecule has 2 rings (SSSR count). The van der Waals surface area contributed by atoms with Gasteiger partial charge in [-0.2, -0.15) is 0 Å². The number of halogens is 2. The lowest BCUT2D eigenvalue weighted by atomic mass is 10.3. The standard InChI is InChI=1S/C9H5FIN3O2S/c10-5-1-4(2-12-3-5)7-13-6(11)8(17-7)14-9(15)16/h1-3,14H,(H,15,16). The molecule has 0 radical (unpaired) electrons. The first-order chi connectivity index (χ1) is 8.06. The van der Waals surface area contributed by atoms with E-state index in [2.05, 4.69) is 15.3 Å². The van der Waals surface area contributed by atoms with Crippen LogP contribution in [0.15, 0.2) is 18.5 Å². The molecular formula is C9H5FIN3O2S. The summed E-state index contributed by atoms with van der Waals surface area (Å²) in [6.07, 6.45) is 1.41. The van der Waals surface area contributed by atoms with Crippen molar-refractivity contribution in [2.24, 2.45) is 0 Å². The summed E-state index contributed by atoms with van der Waals surface area (Å²) in [5.74, 6) is -0.458. The van der Waals surface area contributed by atoms with E-state index >= 15 is 0 Å². The molecule has 8 heteroatoms. The summed E-state index contributed by atoms with van der Waals surface area (Å²) < 4.78 is 13.5. The largest absolute Gasteiger partial charge is 0.465 e. The Bertz CT molecular complexity index is 575. The molecule has 2 aromatic heterocycles. The molecule has 0 spiro atoms. The lowest BCUT2D eigenvalue weighted by Gasteiger charge is -1.94. The van der Waals surface area contributed by atoms with Crippen LogP contribution >= 0.6 is 33.9 Å². The number of carboxylic acid groups (broad SMARTS) is 1. The maximum Gasteiger partial charge on any atom is 0.409 e. The molecule has 17 heavy (non-hydrogen) atoms. The molecule has 0 aliphatic rings. The number of nitrogens with zero attached hydrogens (tertiary/aromatic N) is 2. The van der Waals surface area contributed by atoms with Gasteiger partial charge in [0.05, 0.1) is 6.20 Å². The van der Waals surface area contributed by atoms with Crippen LogP contribution in [-0.2, 0) is 0 Å². The van der Waals surface area contributed by atoms with Crippen LogP contribution in [0.4, 0.5) is 14.2 Å². The van der Waals surface area contributed by atoms with E-state index in [9.17, 15) is 9.18 Å². The van der Waals surface area contributed by atoms with Crippen LogP contribution in [0.5, 0.6) is 0 Å². The lowest BCUT2D eigenvalue weighted by Crippen LogP contribution is -2.06. The van der Waals surface area contributed by atoms with Crippen LogP contribution in [0.1, 0.15) is 0 Å². The van der Waals surface area contributed by atoms with Crippen molar-refractivity contribution >= 4 is 45.0 Å². The van der Waals surface area contributed by atoms with E-state index in [4.69, 9.17) is 5.11 Å². The van der Waals surface area contributed by atoms with E-state index in [0.29, 0.717) is 19.3 Å². The van der Waals surface area contributed by atoms with Gasteiger partial charge in [-0.1, -0.05) is 11.3 Å². The maximum atomic E-state index is 13.0.